The average molecular weight is 451 g/mol. The van der Waals surface area contributed by atoms with Crippen LogP contribution in [-0.4, -0.2) is 29.9 Å². The summed E-state index contributed by atoms with van der Waals surface area (Å²) in [6.07, 6.45) is 3.46. The third-order valence-electron chi connectivity index (χ3n) is 5.81. The molecular formula is C25H27FN4OS. The van der Waals surface area contributed by atoms with Gasteiger partial charge in [0.15, 0.2) is 5.11 Å². The molecule has 32 heavy (non-hydrogen) atoms. The Hall–Kier alpha value is -3.03. The molecule has 7 heteroatoms. The summed E-state index contributed by atoms with van der Waals surface area (Å²) >= 11 is 5.52. The van der Waals surface area contributed by atoms with Gasteiger partial charge in [-0.1, -0.05) is 24.3 Å². The summed E-state index contributed by atoms with van der Waals surface area (Å²) < 4.78 is 19.0. The maximum absolute atomic E-state index is 13.4. The van der Waals surface area contributed by atoms with Gasteiger partial charge in [-0.3, -0.25) is 0 Å². The Bertz CT molecular complexity index is 1050. The van der Waals surface area contributed by atoms with E-state index in [9.17, 15) is 4.39 Å². The minimum Gasteiger partial charge on any atom is -0.381 e. The van der Waals surface area contributed by atoms with Gasteiger partial charge in [0, 0.05) is 30.9 Å². The molecule has 1 saturated heterocycles. The molecule has 0 bridgehead atoms. The average Bonchev–Trinajstić information content (AvgIpc) is 2.80. The molecule has 2 heterocycles. The maximum Gasteiger partial charge on any atom is 0.170 e. The van der Waals surface area contributed by atoms with E-state index in [1.54, 1.807) is 6.20 Å². The molecule has 0 radical (unpaired) electrons. The lowest BCUT2D eigenvalue weighted by Gasteiger charge is -2.38. The largest absolute Gasteiger partial charge is 0.381 e. The van der Waals surface area contributed by atoms with Gasteiger partial charge in [-0.05, 0) is 79.5 Å². The lowest BCUT2D eigenvalue weighted by Crippen LogP contribution is -2.45. The van der Waals surface area contributed by atoms with Crippen molar-refractivity contribution >= 4 is 34.5 Å². The molecule has 3 aromatic rings. The lowest BCUT2D eigenvalue weighted by atomic mass is 9.74. The van der Waals surface area contributed by atoms with E-state index < -0.39 is 0 Å². The minimum absolute atomic E-state index is 0.141. The van der Waals surface area contributed by atoms with E-state index in [0.717, 1.165) is 35.6 Å². The quantitative estimate of drug-likeness (QED) is 0.443. The molecule has 1 aliphatic heterocycles. The fourth-order valence-electron chi connectivity index (χ4n) is 3.97. The first kappa shape index (κ1) is 22.2. The van der Waals surface area contributed by atoms with E-state index in [0.29, 0.717) is 24.9 Å². The van der Waals surface area contributed by atoms with Crippen LogP contribution in [0.25, 0.3) is 0 Å². The second-order valence-electron chi connectivity index (χ2n) is 8.13. The molecule has 2 aromatic carbocycles. The zero-order chi connectivity index (χ0) is 22.4. The normalized spacial score (nSPS) is 15.1. The first-order valence-electron chi connectivity index (χ1n) is 10.7. The highest BCUT2D eigenvalue weighted by Crippen LogP contribution is 2.34. The number of rotatable bonds is 6. The number of benzene rings is 2. The number of hydrogen-bond donors (Lipinski definition) is 3. The third-order valence-corrected chi connectivity index (χ3v) is 6.05. The number of halogens is 1. The lowest BCUT2D eigenvalue weighted by molar-refractivity contribution is 0.0515. The highest BCUT2D eigenvalue weighted by Gasteiger charge is 2.34. The van der Waals surface area contributed by atoms with Crippen molar-refractivity contribution in [2.75, 3.05) is 30.4 Å². The Kier molecular flexibility index (Phi) is 6.97. The van der Waals surface area contributed by atoms with Gasteiger partial charge in [-0.15, -0.1) is 0 Å². The van der Waals surface area contributed by atoms with Crippen molar-refractivity contribution in [2.45, 2.75) is 25.2 Å². The van der Waals surface area contributed by atoms with Crippen LogP contribution in [0.5, 0.6) is 0 Å². The number of nitrogens with one attached hydrogen (secondary N) is 3. The zero-order valence-electron chi connectivity index (χ0n) is 18.0. The van der Waals surface area contributed by atoms with E-state index in [-0.39, 0.29) is 11.2 Å². The highest BCUT2D eigenvalue weighted by atomic mass is 32.1. The first-order chi connectivity index (χ1) is 15.5. The van der Waals surface area contributed by atoms with Crippen LogP contribution in [0.1, 0.15) is 24.0 Å². The summed E-state index contributed by atoms with van der Waals surface area (Å²) in [6.45, 7) is 4.06. The predicted molar refractivity (Wildman–Crippen MR) is 131 cm³/mol. The summed E-state index contributed by atoms with van der Waals surface area (Å²) in [7, 11) is 0. The molecule has 0 unspecified atom stereocenters. The second kappa shape index (κ2) is 10.1. The van der Waals surface area contributed by atoms with Gasteiger partial charge in [0.05, 0.1) is 11.9 Å². The van der Waals surface area contributed by atoms with Gasteiger partial charge in [0.25, 0.3) is 0 Å². The number of aryl methyl sites for hydroxylation is 1. The summed E-state index contributed by atoms with van der Waals surface area (Å²) in [5.41, 5.74) is 3.95. The third kappa shape index (κ3) is 5.60. The van der Waals surface area contributed by atoms with Crippen molar-refractivity contribution in [1.82, 2.24) is 10.3 Å². The van der Waals surface area contributed by atoms with Crippen LogP contribution in [0.3, 0.4) is 0 Å². The Balaban J connectivity index is 1.35. The summed E-state index contributed by atoms with van der Waals surface area (Å²) in [6, 6.07) is 18.7. The Morgan fingerprint density at radius 2 is 1.84 bits per heavy atom. The number of hydrogen-bond acceptors (Lipinski definition) is 4. The summed E-state index contributed by atoms with van der Waals surface area (Å²) in [4.78, 5) is 4.46. The van der Waals surface area contributed by atoms with Crippen LogP contribution in [-0.2, 0) is 10.2 Å². The zero-order valence-corrected chi connectivity index (χ0v) is 18.8. The van der Waals surface area contributed by atoms with Crippen molar-refractivity contribution in [1.29, 1.82) is 0 Å². The van der Waals surface area contributed by atoms with Gasteiger partial charge in [-0.25, -0.2) is 9.37 Å². The number of nitrogens with zero attached hydrogens (tertiary/aromatic N) is 1. The molecule has 5 nitrogen and oxygen atoms in total. The van der Waals surface area contributed by atoms with Gasteiger partial charge >= 0.3 is 0 Å². The van der Waals surface area contributed by atoms with Gasteiger partial charge in [-0.2, -0.15) is 0 Å². The van der Waals surface area contributed by atoms with Crippen molar-refractivity contribution in [3.63, 3.8) is 0 Å². The Labute approximate surface area is 193 Å². The molecule has 166 valence electrons. The molecule has 0 saturated carbocycles. The SMILES string of the molecule is Cc1cccc(Nc2ccc(NC(=S)NCC3(c4ccc(F)cc4)CCOCC3)cn2)c1. The Morgan fingerprint density at radius 1 is 1.06 bits per heavy atom. The first-order valence-corrected chi connectivity index (χ1v) is 11.1. The number of thiocarbonyl (C=S) groups is 1. The molecule has 0 spiro atoms. The molecule has 0 amide bonds. The van der Waals surface area contributed by atoms with E-state index in [1.807, 2.05) is 36.4 Å². The monoisotopic (exact) mass is 450 g/mol. The highest BCUT2D eigenvalue weighted by molar-refractivity contribution is 7.80. The van der Waals surface area contributed by atoms with Crippen molar-refractivity contribution in [3.05, 3.63) is 83.8 Å². The fourth-order valence-corrected chi connectivity index (χ4v) is 4.16. The van der Waals surface area contributed by atoms with Crippen molar-refractivity contribution in [3.8, 4) is 0 Å². The van der Waals surface area contributed by atoms with Crippen LogP contribution in [0, 0.1) is 12.7 Å². The van der Waals surface area contributed by atoms with E-state index >= 15 is 0 Å². The second-order valence-corrected chi connectivity index (χ2v) is 8.54. The van der Waals surface area contributed by atoms with Crippen LogP contribution < -0.4 is 16.0 Å². The molecule has 1 aliphatic rings. The number of anilines is 3. The van der Waals surface area contributed by atoms with Gasteiger partial charge < -0.3 is 20.7 Å². The summed E-state index contributed by atoms with van der Waals surface area (Å²) in [5.74, 6) is 0.534. The molecule has 0 aliphatic carbocycles. The molecule has 4 rings (SSSR count). The van der Waals surface area contributed by atoms with Crippen LogP contribution >= 0.6 is 12.2 Å². The van der Waals surface area contributed by atoms with E-state index in [4.69, 9.17) is 17.0 Å². The number of ether oxygens (including phenoxy) is 1. The molecule has 3 N–H and O–H groups in total. The van der Waals surface area contributed by atoms with E-state index in [1.165, 1.54) is 17.7 Å². The number of pyridine rings is 1. The molecule has 1 fully saturated rings. The van der Waals surface area contributed by atoms with Crippen molar-refractivity contribution in [2.24, 2.45) is 0 Å². The topological polar surface area (TPSA) is 58.2 Å². The van der Waals surface area contributed by atoms with Gasteiger partial charge in [0.2, 0.25) is 0 Å². The smallest absolute Gasteiger partial charge is 0.170 e. The van der Waals surface area contributed by atoms with E-state index in [2.05, 4.69) is 40.0 Å². The predicted octanol–water partition coefficient (Wildman–Crippen LogP) is 5.31. The summed E-state index contributed by atoms with van der Waals surface area (Å²) in [5, 5.41) is 10.4. The van der Waals surface area contributed by atoms with Crippen LogP contribution in [0.4, 0.5) is 21.6 Å². The minimum atomic E-state index is -0.228. The van der Waals surface area contributed by atoms with Crippen LogP contribution in [0.2, 0.25) is 0 Å². The fraction of sp³-hybridized carbons (Fsp3) is 0.280. The standard InChI is InChI=1S/C25H27FN4OS/c1-18-3-2-4-21(15-18)29-23-10-9-22(16-27-23)30-24(32)28-17-25(11-13-31-14-12-25)19-5-7-20(26)8-6-19/h2-10,15-16H,11-14,17H2,1H3,(H,27,29)(H2,28,30,32). The Morgan fingerprint density at radius 3 is 2.53 bits per heavy atom. The van der Waals surface area contributed by atoms with Crippen LogP contribution in [0.15, 0.2) is 66.9 Å². The molecule has 1 aromatic heterocycles. The maximum atomic E-state index is 13.4. The van der Waals surface area contributed by atoms with Gasteiger partial charge in [0.1, 0.15) is 11.6 Å². The molecule has 0 atom stereocenters. The van der Waals surface area contributed by atoms with Crippen molar-refractivity contribution < 1.29 is 9.13 Å². The number of aromatic nitrogens is 1. The molecular weight excluding hydrogens is 423 g/mol.